The van der Waals surface area contributed by atoms with Crippen molar-refractivity contribution in [1.29, 1.82) is 0 Å². The van der Waals surface area contributed by atoms with Crippen LogP contribution in [0.15, 0.2) is 24.5 Å². The van der Waals surface area contributed by atoms with Crippen molar-refractivity contribution in [1.82, 2.24) is 9.55 Å². The molecule has 0 atom stereocenters. The fraction of sp³-hybridized carbons (Fsp3) is 0.250. The molecular weight excluding hydrogens is 232 g/mol. The van der Waals surface area contributed by atoms with Gasteiger partial charge in [0, 0.05) is 25.5 Å². The Balaban J connectivity index is 2.64. The van der Waals surface area contributed by atoms with E-state index in [4.69, 9.17) is 0 Å². The van der Waals surface area contributed by atoms with E-state index in [1.165, 1.54) is 0 Å². The molecule has 2 rings (SSSR count). The summed E-state index contributed by atoms with van der Waals surface area (Å²) in [7, 11) is 1.67. The van der Waals surface area contributed by atoms with E-state index in [1.54, 1.807) is 25.4 Å². The highest BCUT2D eigenvalue weighted by atomic mass is 16.6. The van der Waals surface area contributed by atoms with Gasteiger partial charge in [0.05, 0.1) is 10.6 Å². The molecule has 1 N–H and O–H groups in total. The molecule has 0 spiro atoms. The average Bonchev–Trinajstić information content (AvgIpc) is 2.75. The van der Waals surface area contributed by atoms with Crippen molar-refractivity contribution in [3.05, 3.63) is 46.0 Å². The minimum absolute atomic E-state index is 0.0801. The zero-order chi connectivity index (χ0) is 13.3. The van der Waals surface area contributed by atoms with Gasteiger partial charge in [-0.3, -0.25) is 10.1 Å². The number of nitro benzene ring substituents is 1. The number of hydrogen-bond acceptors (Lipinski definition) is 4. The standard InChI is InChI=1S/C12H14N4O2/c1-8-6-12(16(17)18)10(13-3)7-11(8)15-5-4-14-9(15)2/h4-7,13H,1-3H3. The van der Waals surface area contributed by atoms with Crippen LogP contribution < -0.4 is 5.32 Å². The summed E-state index contributed by atoms with van der Waals surface area (Å²) in [5, 5.41) is 13.8. The van der Waals surface area contributed by atoms with Crippen molar-refractivity contribution in [3.8, 4) is 5.69 Å². The third kappa shape index (κ3) is 1.92. The van der Waals surface area contributed by atoms with Crippen molar-refractivity contribution in [3.63, 3.8) is 0 Å². The smallest absolute Gasteiger partial charge is 0.292 e. The highest BCUT2D eigenvalue weighted by Gasteiger charge is 2.16. The Morgan fingerprint density at radius 3 is 2.61 bits per heavy atom. The predicted octanol–water partition coefficient (Wildman–Crippen LogP) is 2.44. The molecule has 0 aliphatic carbocycles. The molecule has 94 valence electrons. The van der Waals surface area contributed by atoms with Gasteiger partial charge >= 0.3 is 0 Å². The van der Waals surface area contributed by atoms with E-state index >= 15 is 0 Å². The lowest BCUT2D eigenvalue weighted by molar-refractivity contribution is -0.384. The largest absolute Gasteiger partial charge is 0.383 e. The number of benzene rings is 1. The third-order valence-electron chi connectivity index (χ3n) is 2.87. The van der Waals surface area contributed by atoms with Gasteiger partial charge in [-0.2, -0.15) is 0 Å². The molecule has 0 saturated heterocycles. The maximum absolute atomic E-state index is 10.9. The number of hydrogen-bond donors (Lipinski definition) is 1. The van der Waals surface area contributed by atoms with Gasteiger partial charge in [0.25, 0.3) is 5.69 Å². The quantitative estimate of drug-likeness (QED) is 0.666. The molecule has 2 aromatic rings. The van der Waals surface area contributed by atoms with Crippen LogP contribution in [0, 0.1) is 24.0 Å². The molecule has 18 heavy (non-hydrogen) atoms. The van der Waals surface area contributed by atoms with E-state index in [0.717, 1.165) is 17.1 Å². The van der Waals surface area contributed by atoms with E-state index in [9.17, 15) is 10.1 Å². The van der Waals surface area contributed by atoms with Crippen molar-refractivity contribution >= 4 is 11.4 Å². The Morgan fingerprint density at radius 1 is 1.39 bits per heavy atom. The van der Waals surface area contributed by atoms with Gasteiger partial charge in [-0.15, -0.1) is 0 Å². The lowest BCUT2D eigenvalue weighted by Crippen LogP contribution is -2.03. The maximum atomic E-state index is 10.9. The summed E-state index contributed by atoms with van der Waals surface area (Å²) in [5.74, 6) is 0.842. The lowest BCUT2D eigenvalue weighted by atomic mass is 10.1. The SMILES string of the molecule is CNc1cc(-n2ccnc2C)c(C)cc1[N+](=O)[O-]. The summed E-state index contributed by atoms with van der Waals surface area (Å²) in [6.07, 6.45) is 3.54. The molecule has 6 nitrogen and oxygen atoms in total. The van der Waals surface area contributed by atoms with Gasteiger partial charge in [-0.1, -0.05) is 0 Å². The number of nitrogens with one attached hydrogen (secondary N) is 1. The number of rotatable bonds is 3. The van der Waals surface area contributed by atoms with E-state index in [2.05, 4.69) is 10.3 Å². The topological polar surface area (TPSA) is 73.0 Å². The monoisotopic (exact) mass is 246 g/mol. The lowest BCUT2D eigenvalue weighted by Gasteiger charge is -2.11. The van der Waals surface area contributed by atoms with Gasteiger partial charge in [0.15, 0.2) is 0 Å². The first-order valence-electron chi connectivity index (χ1n) is 5.51. The number of aryl methyl sites for hydroxylation is 2. The van der Waals surface area contributed by atoms with Crippen molar-refractivity contribution in [2.45, 2.75) is 13.8 Å². The summed E-state index contributed by atoms with van der Waals surface area (Å²) in [4.78, 5) is 14.7. The normalized spacial score (nSPS) is 10.4. The number of nitrogens with zero attached hydrogens (tertiary/aromatic N) is 3. The average molecular weight is 246 g/mol. The van der Waals surface area contributed by atoms with Crippen LogP contribution in [0.1, 0.15) is 11.4 Å². The first kappa shape index (κ1) is 12.1. The Hall–Kier alpha value is -2.37. The highest BCUT2D eigenvalue weighted by Crippen LogP contribution is 2.30. The van der Waals surface area contributed by atoms with E-state index in [0.29, 0.717) is 5.69 Å². The van der Waals surface area contributed by atoms with Crippen molar-refractivity contribution in [2.75, 3.05) is 12.4 Å². The molecule has 0 aliphatic rings. The number of anilines is 1. The zero-order valence-corrected chi connectivity index (χ0v) is 10.5. The van der Waals surface area contributed by atoms with Crippen LogP contribution in [-0.4, -0.2) is 21.5 Å². The minimum atomic E-state index is -0.386. The van der Waals surface area contributed by atoms with Crippen LogP contribution in [0.2, 0.25) is 0 Å². The Kier molecular flexibility index (Phi) is 3.01. The van der Waals surface area contributed by atoms with Crippen LogP contribution in [0.4, 0.5) is 11.4 Å². The van der Waals surface area contributed by atoms with E-state index < -0.39 is 0 Å². The van der Waals surface area contributed by atoms with Gasteiger partial charge in [0.2, 0.25) is 0 Å². The third-order valence-corrected chi connectivity index (χ3v) is 2.87. The number of imidazole rings is 1. The predicted molar refractivity (Wildman–Crippen MR) is 69.2 cm³/mol. The van der Waals surface area contributed by atoms with Crippen LogP contribution in [0.3, 0.4) is 0 Å². The second-order valence-electron chi connectivity index (χ2n) is 4.01. The van der Waals surface area contributed by atoms with Crippen LogP contribution in [-0.2, 0) is 0 Å². The Bertz CT molecular complexity index is 604. The highest BCUT2D eigenvalue weighted by molar-refractivity contribution is 5.67. The van der Waals surface area contributed by atoms with Gasteiger partial charge in [0.1, 0.15) is 11.5 Å². The summed E-state index contributed by atoms with van der Waals surface area (Å²) >= 11 is 0. The molecule has 0 bridgehead atoms. The molecule has 0 saturated carbocycles. The second-order valence-corrected chi connectivity index (χ2v) is 4.01. The van der Waals surface area contributed by atoms with Gasteiger partial charge in [-0.05, 0) is 25.5 Å². The molecule has 0 aliphatic heterocycles. The molecule has 0 unspecified atom stereocenters. The van der Waals surface area contributed by atoms with Crippen LogP contribution in [0.25, 0.3) is 5.69 Å². The Labute approximate surface area is 104 Å². The zero-order valence-electron chi connectivity index (χ0n) is 10.5. The molecule has 6 heteroatoms. The molecule has 1 aromatic heterocycles. The van der Waals surface area contributed by atoms with Crippen molar-refractivity contribution in [2.24, 2.45) is 0 Å². The molecule has 0 fully saturated rings. The Morgan fingerprint density at radius 2 is 2.11 bits per heavy atom. The molecular formula is C12H14N4O2. The molecule has 1 aromatic carbocycles. The minimum Gasteiger partial charge on any atom is -0.383 e. The molecule has 0 amide bonds. The fourth-order valence-corrected chi connectivity index (χ4v) is 1.92. The maximum Gasteiger partial charge on any atom is 0.292 e. The van der Waals surface area contributed by atoms with Gasteiger partial charge < -0.3 is 9.88 Å². The summed E-state index contributed by atoms with van der Waals surface area (Å²) in [6.45, 7) is 3.74. The molecule has 1 heterocycles. The molecule has 0 radical (unpaired) electrons. The van der Waals surface area contributed by atoms with E-state index in [-0.39, 0.29) is 10.6 Å². The second kappa shape index (κ2) is 4.48. The van der Waals surface area contributed by atoms with E-state index in [1.807, 2.05) is 24.6 Å². The summed E-state index contributed by atoms with van der Waals surface area (Å²) in [5.41, 5.74) is 2.30. The van der Waals surface area contributed by atoms with Crippen LogP contribution >= 0.6 is 0 Å². The number of nitro groups is 1. The van der Waals surface area contributed by atoms with Crippen LogP contribution in [0.5, 0.6) is 0 Å². The number of aromatic nitrogens is 2. The van der Waals surface area contributed by atoms with Gasteiger partial charge in [-0.25, -0.2) is 4.98 Å². The first-order chi connectivity index (χ1) is 8.54. The summed E-state index contributed by atoms with van der Waals surface area (Å²) in [6, 6.07) is 3.34. The summed E-state index contributed by atoms with van der Waals surface area (Å²) < 4.78 is 1.90. The first-order valence-corrected chi connectivity index (χ1v) is 5.51. The van der Waals surface area contributed by atoms with Crippen molar-refractivity contribution < 1.29 is 4.92 Å². The fourth-order valence-electron chi connectivity index (χ4n) is 1.92.